The van der Waals surface area contributed by atoms with Crippen molar-refractivity contribution in [3.63, 3.8) is 0 Å². The lowest BCUT2D eigenvalue weighted by atomic mass is 9.92. The molecule has 0 bridgehead atoms. The molecule has 1 aromatic carbocycles. The van der Waals surface area contributed by atoms with Crippen LogP contribution in [0.15, 0.2) is 30.3 Å². The number of hydrogen-bond acceptors (Lipinski definition) is 4. The van der Waals surface area contributed by atoms with E-state index >= 15 is 0 Å². The van der Waals surface area contributed by atoms with Gasteiger partial charge in [0.2, 0.25) is 0 Å². The summed E-state index contributed by atoms with van der Waals surface area (Å²) in [5, 5.41) is 10.1. The maximum atomic E-state index is 12.0. The van der Waals surface area contributed by atoms with E-state index in [0.29, 0.717) is 5.56 Å². The number of ketones is 1. The lowest BCUT2D eigenvalue weighted by Gasteiger charge is -2.21. The first-order valence-electron chi connectivity index (χ1n) is 6.68. The van der Waals surface area contributed by atoms with Gasteiger partial charge in [0, 0.05) is 5.92 Å². The third-order valence-electron chi connectivity index (χ3n) is 2.86. The summed E-state index contributed by atoms with van der Waals surface area (Å²) in [5.74, 6) is -1.53. The zero-order valence-electron chi connectivity index (χ0n) is 12.4. The van der Waals surface area contributed by atoms with Crippen LogP contribution in [0.1, 0.15) is 45.8 Å². The molecule has 20 heavy (non-hydrogen) atoms. The first-order valence-corrected chi connectivity index (χ1v) is 6.68. The van der Waals surface area contributed by atoms with Crippen LogP contribution in [-0.2, 0) is 14.3 Å². The standard InChI is InChI=1S/C16H22O4/c1-11(15(19)12-8-6-5-7-9-12)13(17)10-14(18)20-16(2,3)4/h5-9,11,15,19H,10H2,1-4H3/t11-,15-/m1/s1. The van der Waals surface area contributed by atoms with Crippen LogP contribution in [0.4, 0.5) is 0 Å². The van der Waals surface area contributed by atoms with Gasteiger partial charge in [-0.25, -0.2) is 0 Å². The van der Waals surface area contributed by atoms with Crippen LogP contribution in [-0.4, -0.2) is 22.5 Å². The van der Waals surface area contributed by atoms with Crippen molar-refractivity contribution < 1.29 is 19.4 Å². The monoisotopic (exact) mass is 278 g/mol. The van der Waals surface area contributed by atoms with E-state index in [1.807, 2.05) is 6.07 Å². The minimum Gasteiger partial charge on any atom is -0.460 e. The fraction of sp³-hybridized carbons (Fsp3) is 0.500. The second-order valence-corrected chi connectivity index (χ2v) is 5.87. The van der Waals surface area contributed by atoms with Crippen molar-refractivity contribution in [2.45, 2.75) is 45.8 Å². The molecule has 0 spiro atoms. The minimum absolute atomic E-state index is 0.317. The molecule has 0 fully saturated rings. The molecule has 1 aromatic rings. The van der Waals surface area contributed by atoms with Crippen molar-refractivity contribution in [3.8, 4) is 0 Å². The van der Waals surface area contributed by atoms with E-state index in [1.165, 1.54) is 0 Å². The number of carbonyl (C=O) groups is 2. The van der Waals surface area contributed by atoms with Gasteiger partial charge in [0.15, 0.2) is 0 Å². The molecule has 0 saturated heterocycles. The van der Waals surface area contributed by atoms with Crippen molar-refractivity contribution in [2.24, 2.45) is 5.92 Å². The topological polar surface area (TPSA) is 63.6 Å². The molecule has 4 heteroatoms. The number of Topliss-reactive ketones (excluding diaryl/α,β-unsaturated/α-hetero) is 1. The van der Waals surface area contributed by atoms with Gasteiger partial charge in [-0.2, -0.15) is 0 Å². The van der Waals surface area contributed by atoms with Crippen LogP contribution < -0.4 is 0 Å². The van der Waals surface area contributed by atoms with E-state index in [1.54, 1.807) is 52.0 Å². The SMILES string of the molecule is C[C@H](C(=O)CC(=O)OC(C)(C)C)[C@@H](O)c1ccccc1. The lowest BCUT2D eigenvalue weighted by Crippen LogP contribution is -2.28. The summed E-state index contributed by atoms with van der Waals surface area (Å²) in [5.41, 5.74) is 0.0519. The van der Waals surface area contributed by atoms with E-state index in [0.717, 1.165) is 0 Å². The number of carbonyl (C=O) groups excluding carboxylic acids is 2. The Bertz CT molecular complexity index is 459. The summed E-state index contributed by atoms with van der Waals surface area (Å²) in [6, 6.07) is 8.93. The smallest absolute Gasteiger partial charge is 0.313 e. The maximum absolute atomic E-state index is 12.0. The summed E-state index contributed by atoms with van der Waals surface area (Å²) < 4.78 is 5.10. The summed E-state index contributed by atoms with van der Waals surface area (Å²) in [6.07, 6.45) is -1.23. The van der Waals surface area contributed by atoms with Crippen LogP contribution in [0.3, 0.4) is 0 Å². The third-order valence-corrected chi connectivity index (χ3v) is 2.86. The Balaban J connectivity index is 2.61. The summed E-state index contributed by atoms with van der Waals surface area (Å²) in [4.78, 5) is 23.6. The normalized spacial score (nSPS) is 14.4. The molecule has 0 aliphatic heterocycles. The lowest BCUT2D eigenvalue weighted by molar-refractivity contribution is -0.157. The van der Waals surface area contributed by atoms with Crippen LogP contribution in [0.2, 0.25) is 0 Å². The van der Waals surface area contributed by atoms with Crippen LogP contribution in [0, 0.1) is 5.92 Å². The Morgan fingerprint density at radius 2 is 1.75 bits per heavy atom. The molecule has 0 amide bonds. The number of aliphatic hydroxyl groups excluding tert-OH is 1. The molecule has 0 unspecified atom stereocenters. The highest BCUT2D eigenvalue weighted by atomic mass is 16.6. The minimum atomic E-state index is -0.911. The highest BCUT2D eigenvalue weighted by Crippen LogP contribution is 2.23. The van der Waals surface area contributed by atoms with Crippen LogP contribution in [0.25, 0.3) is 0 Å². The Morgan fingerprint density at radius 3 is 2.25 bits per heavy atom. The van der Waals surface area contributed by atoms with Crippen molar-refractivity contribution in [1.29, 1.82) is 0 Å². The molecule has 0 heterocycles. The maximum Gasteiger partial charge on any atom is 0.313 e. The third kappa shape index (κ3) is 5.13. The molecule has 2 atom stereocenters. The molecule has 0 aliphatic carbocycles. The van der Waals surface area contributed by atoms with Gasteiger partial charge in [-0.1, -0.05) is 37.3 Å². The average molecular weight is 278 g/mol. The summed E-state index contributed by atoms with van der Waals surface area (Å²) in [6.45, 7) is 6.86. The first-order chi connectivity index (χ1) is 9.20. The van der Waals surface area contributed by atoms with Crippen molar-refractivity contribution in [1.82, 2.24) is 0 Å². The molecular formula is C16H22O4. The van der Waals surface area contributed by atoms with E-state index in [2.05, 4.69) is 0 Å². The van der Waals surface area contributed by atoms with Crippen LogP contribution >= 0.6 is 0 Å². The highest BCUT2D eigenvalue weighted by Gasteiger charge is 2.27. The van der Waals surface area contributed by atoms with Crippen LogP contribution in [0.5, 0.6) is 0 Å². The van der Waals surface area contributed by atoms with Crippen molar-refractivity contribution in [2.75, 3.05) is 0 Å². The van der Waals surface area contributed by atoms with Crippen molar-refractivity contribution in [3.05, 3.63) is 35.9 Å². The quantitative estimate of drug-likeness (QED) is 0.664. The molecule has 1 rings (SSSR count). The fourth-order valence-corrected chi connectivity index (χ4v) is 1.80. The Hall–Kier alpha value is -1.68. The van der Waals surface area contributed by atoms with Gasteiger partial charge in [-0.3, -0.25) is 9.59 Å². The first kappa shape index (κ1) is 16.4. The van der Waals surface area contributed by atoms with E-state index in [9.17, 15) is 14.7 Å². The Kier molecular flexibility index (Phi) is 5.45. The fourth-order valence-electron chi connectivity index (χ4n) is 1.80. The second kappa shape index (κ2) is 6.66. The molecule has 0 saturated carbocycles. The van der Waals surface area contributed by atoms with Gasteiger partial charge in [-0.05, 0) is 26.3 Å². The van der Waals surface area contributed by atoms with Gasteiger partial charge >= 0.3 is 5.97 Å². The average Bonchev–Trinajstić information content (AvgIpc) is 2.35. The number of aliphatic hydroxyl groups is 1. The number of benzene rings is 1. The molecule has 0 radical (unpaired) electrons. The van der Waals surface area contributed by atoms with Gasteiger partial charge in [0.1, 0.15) is 17.8 Å². The number of hydrogen-bond donors (Lipinski definition) is 1. The van der Waals surface area contributed by atoms with Gasteiger partial charge in [-0.15, -0.1) is 0 Å². The predicted molar refractivity (Wildman–Crippen MR) is 76.0 cm³/mol. The largest absolute Gasteiger partial charge is 0.460 e. The zero-order valence-corrected chi connectivity index (χ0v) is 12.4. The van der Waals surface area contributed by atoms with E-state index in [4.69, 9.17) is 4.74 Å². The summed E-state index contributed by atoms with van der Waals surface area (Å²) in [7, 11) is 0. The van der Waals surface area contributed by atoms with Gasteiger partial charge < -0.3 is 9.84 Å². The Labute approximate surface area is 119 Å². The molecule has 1 N–H and O–H groups in total. The number of ether oxygens (including phenoxy) is 1. The molecule has 4 nitrogen and oxygen atoms in total. The number of esters is 1. The van der Waals surface area contributed by atoms with E-state index in [-0.39, 0.29) is 12.2 Å². The molecule has 110 valence electrons. The predicted octanol–water partition coefficient (Wildman–Crippen LogP) is 2.66. The molecular weight excluding hydrogens is 256 g/mol. The molecule has 0 aliphatic rings. The second-order valence-electron chi connectivity index (χ2n) is 5.87. The van der Waals surface area contributed by atoms with Gasteiger partial charge in [0.05, 0.1) is 6.10 Å². The van der Waals surface area contributed by atoms with Gasteiger partial charge in [0.25, 0.3) is 0 Å². The highest BCUT2D eigenvalue weighted by molar-refractivity contribution is 5.97. The van der Waals surface area contributed by atoms with E-state index < -0.39 is 23.6 Å². The molecule has 0 aromatic heterocycles. The van der Waals surface area contributed by atoms with Crippen molar-refractivity contribution >= 4 is 11.8 Å². The summed E-state index contributed by atoms with van der Waals surface area (Å²) >= 11 is 0. The number of rotatable bonds is 5. The Morgan fingerprint density at radius 1 is 1.20 bits per heavy atom. The zero-order chi connectivity index (χ0) is 15.3.